The Morgan fingerprint density at radius 1 is 1.12 bits per heavy atom. The monoisotopic (exact) mass is 222 g/mol. The molecule has 3 aliphatic rings. The van der Waals surface area contributed by atoms with Gasteiger partial charge in [0.2, 0.25) is 0 Å². The highest BCUT2D eigenvalue weighted by Crippen LogP contribution is 2.44. The number of hydrogen-bond donors (Lipinski definition) is 1. The van der Waals surface area contributed by atoms with Gasteiger partial charge in [-0.05, 0) is 49.9 Å². The minimum Gasteiger partial charge on any atom is -0.326 e. The van der Waals surface area contributed by atoms with E-state index in [0.29, 0.717) is 17.5 Å². The summed E-state index contributed by atoms with van der Waals surface area (Å²) in [5, 5.41) is 0. The van der Waals surface area contributed by atoms with Crippen molar-refractivity contribution in [1.29, 1.82) is 0 Å². The third-order valence-electron chi connectivity index (χ3n) is 5.01. The smallest absolute Gasteiger partial charge is 0.0255 e. The first kappa shape index (κ1) is 11.0. The Hall–Kier alpha value is -0.0800. The summed E-state index contributed by atoms with van der Waals surface area (Å²) in [6, 6.07) is 1.97. The number of nitrogens with two attached hydrogens (primary N) is 1. The molecule has 0 aromatic carbocycles. The van der Waals surface area contributed by atoms with Crippen molar-refractivity contribution in [3.8, 4) is 0 Å². The Balaban J connectivity index is 1.68. The number of rotatable bonds is 4. The Kier molecular flexibility index (Phi) is 2.56. The van der Waals surface area contributed by atoms with Gasteiger partial charge in [-0.2, -0.15) is 0 Å². The van der Waals surface area contributed by atoms with E-state index in [2.05, 4.69) is 18.7 Å². The highest BCUT2D eigenvalue weighted by molar-refractivity contribution is 5.03. The van der Waals surface area contributed by atoms with Crippen molar-refractivity contribution in [1.82, 2.24) is 4.90 Å². The lowest BCUT2D eigenvalue weighted by Gasteiger charge is -2.35. The second kappa shape index (κ2) is 3.71. The van der Waals surface area contributed by atoms with Crippen molar-refractivity contribution in [3.05, 3.63) is 0 Å². The molecular weight excluding hydrogens is 196 g/mol. The molecule has 0 amide bonds. The zero-order valence-electron chi connectivity index (χ0n) is 10.8. The van der Waals surface area contributed by atoms with Crippen LogP contribution in [0.2, 0.25) is 0 Å². The molecule has 16 heavy (non-hydrogen) atoms. The SMILES string of the molecule is CC1(C)CCC(N(CC2CC2)C2CC2)C1N. The molecule has 2 atom stereocenters. The highest BCUT2D eigenvalue weighted by Gasteiger charge is 2.46. The van der Waals surface area contributed by atoms with Crippen molar-refractivity contribution in [2.75, 3.05) is 6.54 Å². The zero-order valence-corrected chi connectivity index (χ0v) is 10.8. The van der Waals surface area contributed by atoms with E-state index in [-0.39, 0.29) is 0 Å². The third kappa shape index (κ3) is 2.02. The quantitative estimate of drug-likeness (QED) is 0.791. The van der Waals surface area contributed by atoms with Gasteiger partial charge in [-0.15, -0.1) is 0 Å². The van der Waals surface area contributed by atoms with E-state index in [1.54, 1.807) is 0 Å². The average molecular weight is 222 g/mol. The fourth-order valence-corrected chi connectivity index (χ4v) is 3.32. The van der Waals surface area contributed by atoms with Crippen LogP contribution in [-0.4, -0.2) is 29.6 Å². The number of nitrogens with zero attached hydrogens (tertiary/aromatic N) is 1. The predicted molar refractivity (Wildman–Crippen MR) is 67.2 cm³/mol. The first-order valence-corrected chi connectivity index (χ1v) is 7.09. The van der Waals surface area contributed by atoms with Crippen LogP contribution >= 0.6 is 0 Å². The Morgan fingerprint density at radius 2 is 1.81 bits per heavy atom. The Labute approximate surface area is 99.6 Å². The van der Waals surface area contributed by atoms with E-state index < -0.39 is 0 Å². The van der Waals surface area contributed by atoms with E-state index in [0.717, 1.165) is 12.0 Å². The van der Waals surface area contributed by atoms with Gasteiger partial charge in [0.15, 0.2) is 0 Å². The molecule has 92 valence electrons. The maximum atomic E-state index is 6.48. The van der Waals surface area contributed by atoms with Gasteiger partial charge in [0.1, 0.15) is 0 Å². The van der Waals surface area contributed by atoms with E-state index in [4.69, 9.17) is 5.73 Å². The van der Waals surface area contributed by atoms with Crippen LogP contribution in [0.5, 0.6) is 0 Å². The maximum Gasteiger partial charge on any atom is 0.0255 e. The highest BCUT2D eigenvalue weighted by atomic mass is 15.2. The fourth-order valence-electron chi connectivity index (χ4n) is 3.32. The lowest BCUT2D eigenvalue weighted by Crippen LogP contribution is -2.50. The molecule has 0 bridgehead atoms. The minimum absolute atomic E-state index is 0.362. The van der Waals surface area contributed by atoms with Gasteiger partial charge in [0.05, 0.1) is 0 Å². The molecule has 0 aromatic heterocycles. The van der Waals surface area contributed by atoms with E-state index >= 15 is 0 Å². The first-order chi connectivity index (χ1) is 7.58. The summed E-state index contributed by atoms with van der Waals surface area (Å²) in [6.45, 7) is 6.04. The normalized spacial score (nSPS) is 38.2. The molecular formula is C14H26N2. The van der Waals surface area contributed by atoms with Gasteiger partial charge in [-0.25, -0.2) is 0 Å². The lowest BCUT2D eigenvalue weighted by molar-refractivity contribution is 0.149. The molecule has 0 heterocycles. The first-order valence-electron chi connectivity index (χ1n) is 7.09. The van der Waals surface area contributed by atoms with Gasteiger partial charge in [-0.1, -0.05) is 13.8 Å². The summed E-state index contributed by atoms with van der Waals surface area (Å²) in [5.41, 5.74) is 6.84. The molecule has 0 aromatic rings. The van der Waals surface area contributed by atoms with Crippen molar-refractivity contribution in [2.45, 2.75) is 70.5 Å². The molecule has 0 radical (unpaired) electrons. The molecule has 0 spiro atoms. The van der Waals surface area contributed by atoms with Gasteiger partial charge in [-0.3, -0.25) is 4.90 Å². The molecule has 3 fully saturated rings. The lowest BCUT2D eigenvalue weighted by atomic mass is 9.87. The molecule has 2 heteroatoms. The van der Waals surface area contributed by atoms with Crippen LogP contribution in [0.4, 0.5) is 0 Å². The summed E-state index contributed by atoms with van der Waals surface area (Å²) < 4.78 is 0. The van der Waals surface area contributed by atoms with Crippen LogP contribution in [0.15, 0.2) is 0 Å². The van der Waals surface area contributed by atoms with E-state index in [1.165, 1.54) is 45.1 Å². The van der Waals surface area contributed by atoms with Crippen LogP contribution in [-0.2, 0) is 0 Å². The third-order valence-corrected chi connectivity index (χ3v) is 5.01. The molecule has 3 rings (SSSR count). The molecule has 2 unspecified atom stereocenters. The van der Waals surface area contributed by atoms with Gasteiger partial charge in [0, 0.05) is 24.7 Å². The predicted octanol–water partition coefficient (Wildman–Crippen LogP) is 2.38. The molecule has 3 aliphatic carbocycles. The second-order valence-electron chi connectivity index (χ2n) is 6.99. The van der Waals surface area contributed by atoms with Crippen molar-refractivity contribution >= 4 is 0 Å². The molecule has 0 aliphatic heterocycles. The van der Waals surface area contributed by atoms with E-state index in [9.17, 15) is 0 Å². The molecule has 2 N–H and O–H groups in total. The van der Waals surface area contributed by atoms with Crippen LogP contribution < -0.4 is 5.73 Å². The Morgan fingerprint density at radius 3 is 2.25 bits per heavy atom. The molecule has 2 nitrogen and oxygen atoms in total. The van der Waals surface area contributed by atoms with Crippen LogP contribution in [0, 0.1) is 11.3 Å². The Bertz CT molecular complexity index is 266. The van der Waals surface area contributed by atoms with Crippen LogP contribution in [0.25, 0.3) is 0 Å². The van der Waals surface area contributed by atoms with Gasteiger partial charge >= 0.3 is 0 Å². The van der Waals surface area contributed by atoms with E-state index in [1.807, 2.05) is 0 Å². The van der Waals surface area contributed by atoms with Gasteiger partial charge in [0.25, 0.3) is 0 Å². The van der Waals surface area contributed by atoms with Gasteiger partial charge < -0.3 is 5.73 Å². The maximum absolute atomic E-state index is 6.48. The average Bonchev–Trinajstić information content (AvgIpc) is 3.10. The fraction of sp³-hybridized carbons (Fsp3) is 1.00. The standard InChI is InChI=1S/C14H26N2/c1-14(2)8-7-12(13(14)15)16(11-5-6-11)9-10-3-4-10/h10-13H,3-9,15H2,1-2H3. The summed E-state index contributed by atoms with van der Waals surface area (Å²) in [7, 11) is 0. The summed E-state index contributed by atoms with van der Waals surface area (Å²) in [5.74, 6) is 1.01. The van der Waals surface area contributed by atoms with Crippen molar-refractivity contribution in [3.63, 3.8) is 0 Å². The summed E-state index contributed by atoms with van der Waals surface area (Å²) in [6.07, 6.45) is 8.43. The summed E-state index contributed by atoms with van der Waals surface area (Å²) >= 11 is 0. The molecule has 3 saturated carbocycles. The van der Waals surface area contributed by atoms with Crippen molar-refractivity contribution < 1.29 is 0 Å². The minimum atomic E-state index is 0.362. The van der Waals surface area contributed by atoms with Crippen LogP contribution in [0.3, 0.4) is 0 Å². The van der Waals surface area contributed by atoms with Crippen LogP contribution in [0.1, 0.15) is 52.4 Å². The van der Waals surface area contributed by atoms with Crippen molar-refractivity contribution in [2.24, 2.45) is 17.1 Å². The second-order valence-corrected chi connectivity index (χ2v) is 6.99. The zero-order chi connectivity index (χ0) is 11.3. The number of hydrogen-bond acceptors (Lipinski definition) is 2. The largest absolute Gasteiger partial charge is 0.326 e. The summed E-state index contributed by atoms with van der Waals surface area (Å²) in [4.78, 5) is 2.79. The molecule has 0 saturated heterocycles. The topological polar surface area (TPSA) is 29.3 Å².